The van der Waals surface area contributed by atoms with Gasteiger partial charge in [-0.1, -0.05) is 47.5 Å². The van der Waals surface area contributed by atoms with Gasteiger partial charge in [-0.3, -0.25) is 8.63 Å². The van der Waals surface area contributed by atoms with Gasteiger partial charge in [0.1, 0.15) is 0 Å². The lowest BCUT2D eigenvalue weighted by Crippen LogP contribution is -2.18. The first-order valence-corrected chi connectivity index (χ1v) is 13.6. The topological polar surface area (TPSA) is 17.3 Å². The predicted molar refractivity (Wildman–Crippen MR) is 161 cm³/mol. The van der Waals surface area contributed by atoms with Crippen molar-refractivity contribution in [3.63, 3.8) is 0 Å². The smallest absolute Gasteiger partial charge is 0.325 e. The molecule has 4 aromatic rings. The van der Waals surface area contributed by atoms with E-state index in [4.69, 9.17) is 4.99 Å². The van der Waals surface area contributed by atoms with Crippen molar-refractivity contribution in [2.45, 2.75) is 47.7 Å². The molecule has 2 nitrogen and oxygen atoms in total. The van der Waals surface area contributed by atoms with E-state index < -0.39 is 19.1 Å². The maximum atomic E-state index is 15.0. The Morgan fingerprint density at radius 2 is 1.21 bits per heavy atom. The first-order chi connectivity index (χ1) is 19.8. The molecule has 1 aliphatic heterocycles. The molecule has 0 fully saturated rings. The van der Waals surface area contributed by atoms with E-state index in [0.29, 0.717) is 33.8 Å². The molecule has 0 unspecified atom stereocenters. The summed E-state index contributed by atoms with van der Waals surface area (Å²) in [5.41, 5.74) is 8.96. The molecule has 0 bridgehead atoms. The Balaban J connectivity index is 1.78. The fraction of sp³-hybridized carbons (Fsp3) is 0.206. The van der Waals surface area contributed by atoms with E-state index in [9.17, 15) is 21.8 Å². The van der Waals surface area contributed by atoms with Gasteiger partial charge in [-0.15, -0.1) is 0 Å². The van der Waals surface area contributed by atoms with E-state index in [1.165, 1.54) is 12.1 Å². The molecule has 214 valence electrons. The van der Waals surface area contributed by atoms with E-state index in [2.05, 4.69) is 12.1 Å². The maximum Gasteiger partial charge on any atom is 0.678 e. The molecule has 0 spiro atoms. The Kier molecular flexibility index (Phi) is 7.60. The summed E-state index contributed by atoms with van der Waals surface area (Å²) < 4.78 is 71.1. The lowest BCUT2D eigenvalue weighted by molar-refractivity contribution is -0.137. The maximum absolute atomic E-state index is 15.0. The van der Waals surface area contributed by atoms with Crippen LogP contribution in [0.4, 0.5) is 21.8 Å². The van der Waals surface area contributed by atoms with Gasteiger partial charge in [0.15, 0.2) is 0 Å². The van der Waals surface area contributed by atoms with E-state index in [0.717, 1.165) is 55.6 Å². The number of rotatable bonds is 5. The second-order valence-corrected chi connectivity index (χ2v) is 11.0. The zero-order valence-electron chi connectivity index (χ0n) is 24.3. The Bertz CT molecular complexity index is 1740. The van der Waals surface area contributed by atoms with Crippen LogP contribution in [0.1, 0.15) is 55.8 Å². The standard InChI is InChI=1S/C34H30BF5N2/c1-19-15-21(3)31(22(4)16-19)27-11-12-28(41-27)33(25-7-9-26(10-8-25)34(36,37)38)30-14-13-29(42(30)35(39)40)32-23(5)17-20(2)18-24(32)6/h7-18H,1-6H3/b33-28+. The molecular formula is C34H30BF5N2. The summed E-state index contributed by atoms with van der Waals surface area (Å²) in [6, 6.07) is 15.8. The summed E-state index contributed by atoms with van der Waals surface area (Å²) >= 11 is 0. The number of nitrogens with zero attached hydrogens (tertiary/aromatic N) is 2. The van der Waals surface area contributed by atoms with Crippen molar-refractivity contribution in [1.82, 2.24) is 4.48 Å². The van der Waals surface area contributed by atoms with E-state index in [1.54, 1.807) is 18.2 Å². The predicted octanol–water partition coefficient (Wildman–Crippen LogP) is 9.61. The van der Waals surface area contributed by atoms with Crippen molar-refractivity contribution in [2.75, 3.05) is 0 Å². The van der Waals surface area contributed by atoms with E-state index >= 15 is 0 Å². The number of halogens is 5. The van der Waals surface area contributed by atoms with Gasteiger partial charge in [-0.05, 0) is 106 Å². The van der Waals surface area contributed by atoms with E-state index in [1.807, 2.05) is 59.8 Å². The molecule has 0 saturated heterocycles. The third kappa shape index (κ3) is 5.38. The number of alkyl halides is 3. The van der Waals surface area contributed by atoms with Crippen LogP contribution in [-0.4, -0.2) is 17.6 Å². The van der Waals surface area contributed by atoms with Crippen LogP contribution < -0.4 is 0 Å². The lowest BCUT2D eigenvalue weighted by Gasteiger charge is -2.18. The summed E-state index contributed by atoms with van der Waals surface area (Å²) in [6.45, 7) is 11.7. The summed E-state index contributed by atoms with van der Waals surface area (Å²) in [5.74, 6) is 0. The van der Waals surface area contributed by atoms with Crippen molar-refractivity contribution in [3.8, 4) is 11.3 Å². The molecule has 0 amide bonds. The Morgan fingerprint density at radius 1 is 0.690 bits per heavy atom. The van der Waals surface area contributed by atoms with Crippen LogP contribution in [0.3, 0.4) is 0 Å². The van der Waals surface area contributed by atoms with Gasteiger partial charge in [0.05, 0.1) is 17.0 Å². The molecule has 3 aromatic carbocycles. The first kappa shape index (κ1) is 29.3. The SMILES string of the molecule is Cc1cc(C)c(C2=N/C(=C(\c3ccc(C(F)(F)F)cc3)c3ccc(-c4c(C)cc(C)cc4C)n3B(F)F)C=C2)c(C)c1. The fourth-order valence-corrected chi connectivity index (χ4v) is 6.13. The largest absolute Gasteiger partial charge is 0.678 e. The second-order valence-electron chi connectivity index (χ2n) is 11.0. The van der Waals surface area contributed by atoms with Crippen molar-refractivity contribution in [3.05, 3.63) is 134 Å². The first-order valence-electron chi connectivity index (χ1n) is 13.6. The molecule has 8 heteroatoms. The third-order valence-corrected chi connectivity index (χ3v) is 7.63. The number of hydrogen-bond donors (Lipinski definition) is 0. The normalized spacial score (nSPS) is 14.4. The molecule has 0 saturated carbocycles. The number of benzene rings is 3. The highest BCUT2D eigenvalue weighted by atomic mass is 19.4. The summed E-state index contributed by atoms with van der Waals surface area (Å²) in [7, 11) is -2.91. The minimum atomic E-state index is -4.53. The molecule has 5 rings (SSSR count). The van der Waals surface area contributed by atoms with Crippen molar-refractivity contribution < 1.29 is 21.8 Å². The van der Waals surface area contributed by atoms with Crippen LogP contribution in [0.5, 0.6) is 0 Å². The van der Waals surface area contributed by atoms with Crippen LogP contribution >= 0.6 is 0 Å². The average molecular weight is 572 g/mol. The number of aliphatic imine (C=N–C) groups is 1. The highest BCUT2D eigenvalue weighted by Gasteiger charge is 2.32. The van der Waals surface area contributed by atoms with Crippen LogP contribution in [0.2, 0.25) is 0 Å². The molecule has 0 atom stereocenters. The number of hydrogen-bond acceptors (Lipinski definition) is 1. The van der Waals surface area contributed by atoms with Gasteiger partial charge in [-0.2, -0.15) is 13.2 Å². The Labute approximate surface area is 243 Å². The number of aryl methyl sites for hydroxylation is 6. The molecule has 2 heterocycles. The minimum absolute atomic E-state index is 0.168. The van der Waals surface area contributed by atoms with Gasteiger partial charge < -0.3 is 4.48 Å². The molecule has 0 N–H and O–H groups in total. The van der Waals surface area contributed by atoms with Gasteiger partial charge in [-0.25, -0.2) is 4.99 Å². The van der Waals surface area contributed by atoms with E-state index in [-0.39, 0.29) is 5.69 Å². The second kappa shape index (κ2) is 10.9. The van der Waals surface area contributed by atoms with Gasteiger partial charge >= 0.3 is 13.6 Å². The molecule has 0 aliphatic carbocycles. The Morgan fingerprint density at radius 3 is 1.71 bits per heavy atom. The summed E-state index contributed by atoms with van der Waals surface area (Å²) in [6.07, 6.45) is -0.956. The van der Waals surface area contributed by atoms with Crippen LogP contribution in [-0.2, 0) is 6.18 Å². The van der Waals surface area contributed by atoms with Crippen molar-refractivity contribution in [2.24, 2.45) is 4.99 Å². The monoisotopic (exact) mass is 572 g/mol. The molecule has 0 radical (unpaired) electrons. The van der Waals surface area contributed by atoms with Crippen LogP contribution in [0.25, 0.3) is 16.8 Å². The van der Waals surface area contributed by atoms with Gasteiger partial charge in [0.25, 0.3) is 0 Å². The Hall–Kier alpha value is -4.20. The molecular weight excluding hydrogens is 542 g/mol. The zero-order valence-corrected chi connectivity index (χ0v) is 24.3. The summed E-state index contributed by atoms with van der Waals surface area (Å²) in [5, 5.41) is 0. The quantitative estimate of drug-likeness (QED) is 0.167. The molecule has 1 aromatic heterocycles. The molecule has 42 heavy (non-hydrogen) atoms. The fourth-order valence-electron chi connectivity index (χ4n) is 6.13. The van der Waals surface area contributed by atoms with Crippen molar-refractivity contribution >= 4 is 18.7 Å². The van der Waals surface area contributed by atoms with Crippen LogP contribution in [0, 0.1) is 41.5 Å². The number of allylic oxidation sites excluding steroid dienone is 2. The molecule has 1 aliphatic rings. The van der Waals surface area contributed by atoms with Crippen LogP contribution in [0.15, 0.2) is 83.5 Å². The lowest BCUT2D eigenvalue weighted by atomic mass is 9.95. The average Bonchev–Trinajstić information content (AvgIpc) is 3.51. The summed E-state index contributed by atoms with van der Waals surface area (Å²) in [4.78, 5) is 4.87. The minimum Gasteiger partial charge on any atom is -0.325 e. The van der Waals surface area contributed by atoms with Gasteiger partial charge in [0.2, 0.25) is 0 Å². The zero-order chi connectivity index (χ0) is 30.5. The highest BCUT2D eigenvalue weighted by molar-refractivity contribution is 6.42. The third-order valence-electron chi connectivity index (χ3n) is 7.63. The number of aromatic nitrogens is 1. The van der Waals surface area contributed by atoms with Gasteiger partial charge in [0, 0.05) is 28.1 Å². The highest BCUT2D eigenvalue weighted by Crippen LogP contribution is 2.39. The van der Waals surface area contributed by atoms with Crippen molar-refractivity contribution in [1.29, 1.82) is 0 Å².